The number of nitrogens with one attached hydrogen (secondary N) is 1. The Bertz CT molecular complexity index is 472. The minimum atomic E-state index is 0.157. The molecule has 0 unspecified atom stereocenters. The fourth-order valence-electron chi connectivity index (χ4n) is 3.16. The third-order valence-electron chi connectivity index (χ3n) is 4.57. The van der Waals surface area contributed by atoms with Gasteiger partial charge < -0.3 is 5.32 Å². The highest BCUT2D eigenvalue weighted by molar-refractivity contribution is 5.78. The summed E-state index contributed by atoms with van der Waals surface area (Å²) in [6.07, 6.45) is 4.92. The number of hydrogen-bond donors (Lipinski definition) is 1. The Labute approximate surface area is 128 Å². The van der Waals surface area contributed by atoms with Crippen molar-refractivity contribution in [3.05, 3.63) is 35.4 Å². The SMILES string of the molecule is Cc1ccccc1CN(C)CC(=O)N[C@H]1CCCC[C@@H]1C. The first kappa shape index (κ1) is 16.0. The molecule has 1 aromatic rings. The van der Waals surface area contributed by atoms with Crippen molar-refractivity contribution in [2.45, 2.75) is 52.1 Å². The van der Waals surface area contributed by atoms with Gasteiger partial charge in [-0.15, -0.1) is 0 Å². The molecule has 0 aliphatic heterocycles. The van der Waals surface area contributed by atoms with Gasteiger partial charge in [0.25, 0.3) is 0 Å². The van der Waals surface area contributed by atoms with E-state index in [1.807, 2.05) is 7.05 Å². The second kappa shape index (κ2) is 7.60. The van der Waals surface area contributed by atoms with E-state index in [9.17, 15) is 4.79 Å². The number of nitrogens with zero attached hydrogens (tertiary/aromatic N) is 1. The maximum Gasteiger partial charge on any atom is 0.234 e. The average Bonchev–Trinajstić information content (AvgIpc) is 2.44. The van der Waals surface area contributed by atoms with Crippen LogP contribution in [0.4, 0.5) is 0 Å². The second-order valence-electron chi connectivity index (χ2n) is 6.53. The van der Waals surface area contributed by atoms with E-state index in [1.54, 1.807) is 0 Å². The van der Waals surface area contributed by atoms with Crippen LogP contribution in [0.5, 0.6) is 0 Å². The summed E-state index contributed by atoms with van der Waals surface area (Å²) < 4.78 is 0. The number of carbonyl (C=O) groups is 1. The van der Waals surface area contributed by atoms with Gasteiger partial charge in [0.15, 0.2) is 0 Å². The second-order valence-corrected chi connectivity index (χ2v) is 6.53. The molecule has 1 aliphatic rings. The molecule has 2 atom stereocenters. The number of rotatable bonds is 5. The molecule has 1 aromatic carbocycles. The van der Waals surface area contributed by atoms with Gasteiger partial charge in [0.1, 0.15) is 0 Å². The number of hydrogen-bond acceptors (Lipinski definition) is 2. The largest absolute Gasteiger partial charge is 0.352 e. The molecule has 0 spiro atoms. The van der Waals surface area contributed by atoms with Crippen LogP contribution in [0.25, 0.3) is 0 Å². The van der Waals surface area contributed by atoms with Gasteiger partial charge in [0.2, 0.25) is 5.91 Å². The van der Waals surface area contributed by atoms with E-state index in [-0.39, 0.29) is 5.91 Å². The number of carbonyl (C=O) groups excluding carboxylic acids is 1. The van der Waals surface area contributed by atoms with Crippen LogP contribution in [0.3, 0.4) is 0 Å². The van der Waals surface area contributed by atoms with Gasteiger partial charge in [0, 0.05) is 12.6 Å². The van der Waals surface area contributed by atoms with E-state index in [0.29, 0.717) is 18.5 Å². The van der Waals surface area contributed by atoms with Crippen molar-refractivity contribution in [3.63, 3.8) is 0 Å². The minimum absolute atomic E-state index is 0.157. The Morgan fingerprint density at radius 2 is 2.00 bits per heavy atom. The Balaban J connectivity index is 1.80. The maximum absolute atomic E-state index is 12.2. The van der Waals surface area contributed by atoms with E-state index < -0.39 is 0 Å². The standard InChI is InChI=1S/C18H28N2O/c1-14-8-4-6-10-16(14)12-20(3)13-18(21)19-17-11-7-5-9-15(17)2/h4,6,8,10,15,17H,5,7,9,11-13H2,1-3H3,(H,19,21)/t15-,17-/m0/s1. The van der Waals surface area contributed by atoms with Crippen LogP contribution in [0, 0.1) is 12.8 Å². The summed E-state index contributed by atoms with van der Waals surface area (Å²) in [5.74, 6) is 0.772. The van der Waals surface area contributed by atoms with Crippen molar-refractivity contribution < 1.29 is 4.79 Å². The summed E-state index contributed by atoms with van der Waals surface area (Å²) in [6, 6.07) is 8.73. The van der Waals surface area contributed by atoms with Gasteiger partial charge in [0.05, 0.1) is 6.54 Å². The molecule has 1 amide bonds. The molecule has 0 bridgehead atoms. The van der Waals surface area contributed by atoms with Crippen molar-refractivity contribution in [1.82, 2.24) is 10.2 Å². The third-order valence-corrected chi connectivity index (χ3v) is 4.57. The van der Waals surface area contributed by atoms with E-state index in [4.69, 9.17) is 0 Å². The van der Waals surface area contributed by atoms with Crippen molar-refractivity contribution in [1.29, 1.82) is 0 Å². The normalized spacial score (nSPS) is 22.3. The molecule has 116 valence electrons. The summed E-state index contributed by atoms with van der Waals surface area (Å²) in [7, 11) is 2.01. The van der Waals surface area contributed by atoms with Crippen LogP contribution in [0.1, 0.15) is 43.7 Å². The molecule has 0 saturated heterocycles. The van der Waals surface area contributed by atoms with Crippen LogP contribution in [0.15, 0.2) is 24.3 Å². The van der Waals surface area contributed by atoms with Gasteiger partial charge in [-0.1, -0.05) is 44.0 Å². The zero-order valence-corrected chi connectivity index (χ0v) is 13.6. The summed E-state index contributed by atoms with van der Waals surface area (Å²) in [4.78, 5) is 14.3. The minimum Gasteiger partial charge on any atom is -0.352 e. The van der Waals surface area contributed by atoms with Crippen LogP contribution in [0.2, 0.25) is 0 Å². The first-order chi connectivity index (χ1) is 10.1. The van der Waals surface area contributed by atoms with Crippen LogP contribution >= 0.6 is 0 Å². The molecule has 0 radical (unpaired) electrons. The monoisotopic (exact) mass is 288 g/mol. The smallest absolute Gasteiger partial charge is 0.234 e. The Hall–Kier alpha value is -1.35. The highest BCUT2D eigenvalue weighted by Crippen LogP contribution is 2.23. The summed E-state index contributed by atoms with van der Waals surface area (Å²) >= 11 is 0. The van der Waals surface area contributed by atoms with Crippen LogP contribution in [-0.4, -0.2) is 30.4 Å². The molecule has 21 heavy (non-hydrogen) atoms. The molecular formula is C18H28N2O. The molecular weight excluding hydrogens is 260 g/mol. The zero-order chi connectivity index (χ0) is 15.2. The van der Waals surface area contributed by atoms with Gasteiger partial charge in [-0.3, -0.25) is 9.69 Å². The lowest BCUT2D eigenvalue weighted by atomic mass is 9.86. The third kappa shape index (κ3) is 4.85. The quantitative estimate of drug-likeness (QED) is 0.903. The van der Waals surface area contributed by atoms with Gasteiger partial charge in [-0.25, -0.2) is 0 Å². The summed E-state index contributed by atoms with van der Waals surface area (Å²) in [5.41, 5.74) is 2.57. The van der Waals surface area contributed by atoms with Crippen LogP contribution < -0.4 is 5.32 Å². The number of benzene rings is 1. The lowest BCUT2D eigenvalue weighted by Gasteiger charge is -2.30. The Morgan fingerprint density at radius 3 is 2.71 bits per heavy atom. The maximum atomic E-state index is 12.2. The lowest BCUT2D eigenvalue weighted by Crippen LogP contribution is -2.44. The highest BCUT2D eigenvalue weighted by Gasteiger charge is 2.23. The Morgan fingerprint density at radius 1 is 1.29 bits per heavy atom. The predicted molar refractivity (Wildman–Crippen MR) is 87.1 cm³/mol. The first-order valence-corrected chi connectivity index (χ1v) is 8.08. The predicted octanol–water partition coefficient (Wildman–Crippen LogP) is 3.12. The van der Waals surface area contributed by atoms with E-state index in [1.165, 1.54) is 30.4 Å². The van der Waals surface area contributed by atoms with Gasteiger partial charge in [-0.05, 0) is 43.9 Å². The fraction of sp³-hybridized carbons (Fsp3) is 0.611. The molecule has 0 aromatic heterocycles. The molecule has 1 N–H and O–H groups in total. The summed E-state index contributed by atoms with van der Waals surface area (Å²) in [6.45, 7) is 5.66. The van der Waals surface area contributed by atoms with Crippen molar-refractivity contribution >= 4 is 5.91 Å². The number of amides is 1. The van der Waals surface area contributed by atoms with E-state index >= 15 is 0 Å². The molecule has 3 heteroatoms. The van der Waals surface area contributed by atoms with Crippen molar-refractivity contribution in [2.75, 3.05) is 13.6 Å². The molecule has 3 nitrogen and oxygen atoms in total. The molecule has 1 saturated carbocycles. The zero-order valence-electron chi connectivity index (χ0n) is 13.6. The highest BCUT2D eigenvalue weighted by atomic mass is 16.2. The average molecular weight is 288 g/mol. The number of likely N-dealkylation sites (N-methyl/N-ethyl adjacent to an activating group) is 1. The van der Waals surface area contributed by atoms with Crippen molar-refractivity contribution in [3.8, 4) is 0 Å². The fourth-order valence-corrected chi connectivity index (χ4v) is 3.16. The van der Waals surface area contributed by atoms with Gasteiger partial charge in [-0.2, -0.15) is 0 Å². The van der Waals surface area contributed by atoms with Gasteiger partial charge >= 0.3 is 0 Å². The molecule has 2 rings (SSSR count). The van der Waals surface area contributed by atoms with E-state index in [0.717, 1.165) is 13.0 Å². The topological polar surface area (TPSA) is 32.3 Å². The number of aryl methyl sites for hydroxylation is 1. The molecule has 0 heterocycles. The lowest BCUT2D eigenvalue weighted by molar-refractivity contribution is -0.123. The molecule has 1 aliphatic carbocycles. The van der Waals surface area contributed by atoms with Crippen LogP contribution in [-0.2, 0) is 11.3 Å². The first-order valence-electron chi connectivity index (χ1n) is 8.08. The molecule has 1 fully saturated rings. The van der Waals surface area contributed by atoms with E-state index in [2.05, 4.69) is 48.3 Å². The Kier molecular flexibility index (Phi) is 5.80. The van der Waals surface area contributed by atoms with Crippen molar-refractivity contribution in [2.24, 2.45) is 5.92 Å². The summed E-state index contributed by atoms with van der Waals surface area (Å²) in [5, 5.41) is 3.22.